The molecule has 0 aliphatic carbocycles. The molecule has 4 heteroatoms. The third-order valence-corrected chi connectivity index (χ3v) is 3.03. The lowest BCUT2D eigenvalue weighted by molar-refractivity contribution is 0.0697. The molecule has 0 amide bonds. The standard InChI is InChI=1S/C15H16N2O2/c1-10-4-2-3-5-12(10)9-17-14-7-6-11(15(18)19)8-13(14)16/h2-8,17H,9,16H2,1H3,(H,18,19). The van der Waals surface area contributed by atoms with Crippen LogP contribution in [0.4, 0.5) is 11.4 Å². The molecule has 0 aromatic heterocycles. The van der Waals surface area contributed by atoms with Gasteiger partial charge in [0.2, 0.25) is 0 Å². The van der Waals surface area contributed by atoms with Gasteiger partial charge in [-0.15, -0.1) is 0 Å². The lowest BCUT2D eigenvalue weighted by Gasteiger charge is -2.11. The molecule has 0 atom stereocenters. The highest BCUT2D eigenvalue weighted by atomic mass is 16.4. The predicted molar refractivity (Wildman–Crippen MR) is 76.3 cm³/mol. The van der Waals surface area contributed by atoms with Crippen LogP contribution in [0.1, 0.15) is 21.5 Å². The van der Waals surface area contributed by atoms with Crippen LogP contribution in [-0.4, -0.2) is 11.1 Å². The number of rotatable bonds is 4. The molecule has 98 valence electrons. The van der Waals surface area contributed by atoms with Crippen LogP contribution in [-0.2, 0) is 6.54 Å². The average Bonchev–Trinajstić information content (AvgIpc) is 2.39. The first kappa shape index (κ1) is 13.0. The van der Waals surface area contributed by atoms with Crippen molar-refractivity contribution in [3.05, 3.63) is 59.2 Å². The van der Waals surface area contributed by atoms with E-state index in [2.05, 4.69) is 5.32 Å². The van der Waals surface area contributed by atoms with Crippen molar-refractivity contribution in [1.82, 2.24) is 0 Å². The minimum absolute atomic E-state index is 0.193. The summed E-state index contributed by atoms with van der Waals surface area (Å²) in [6.45, 7) is 2.71. The number of nitrogen functional groups attached to an aromatic ring is 1. The first-order chi connectivity index (χ1) is 9.08. The maximum atomic E-state index is 10.8. The summed E-state index contributed by atoms with van der Waals surface area (Å²) in [5.41, 5.74) is 9.60. The molecule has 0 heterocycles. The largest absolute Gasteiger partial charge is 0.478 e. The van der Waals surface area contributed by atoms with Crippen LogP contribution in [0.5, 0.6) is 0 Å². The van der Waals surface area contributed by atoms with Crippen molar-refractivity contribution in [2.45, 2.75) is 13.5 Å². The van der Waals surface area contributed by atoms with Crippen LogP contribution in [0.15, 0.2) is 42.5 Å². The van der Waals surface area contributed by atoms with Crippen LogP contribution in [0, 0.1) is 6.92 Å². The molecule has 0 aliphatic rings. The van der Waals surface area contributed by atoms with Crippen molar-refractivity contribution in [3.8, 4) is 0 Å². The Morgan fingerprint density at radius 1 is 1.26 bits per heavy atom. The van der Waals surface area contributed by atoms with Crippen molar-refractivity contribution in [1.29, 1.82) is 0 Å². The van der Waals surface area contributed by atoms with Crippen molar-refractivity contribution in [2.75, 3.05) is 11.1 Å². The van der Waals surface area contributed by atoms with E-state index in [0.29, 0.717) is 12.2 Å². The smallest absolute Gasteiger partial charge is 0.335 e. The van der Waals surface area contributed by atoms with Crippen LogP contribution in [0.25, 0.3) is 0 Å². The zero-order valence-corrected chi connectivity index (χ0v) is 10.7. The zero-order valence-electron chi connectivity index (χ0n) is 10.7. The summed E-state index contributed by atoms with van der Waals surface area (Å²) in [6.07, 6.45) is 0. The van der Waals surface area contributed by atoms with Crippen molar-refractivity contribution >= 4 is 17.3 Å². The third kappa shape index (κ3) is 3.04. The second-order valence-corrected chi connectivity index (χ2v) is 4.39. The molecule has 2 aromatic rings. The van der Waals surface area contributed by atoms with Gasteiger partial charge < -0.3 is 16.2 Å². The van der Waals surface area contributed by atoms with Gasteiger partial charge in [-0.3, -0.25) is 0 Å². The molecular weight excluding hydrogens is 240 g/mol. The molecule has 2 aromatic carbocycles. The Morgan fingerprint density at radius 2 is 2.00 bits per heavy atom. The number of nitrogens with two attached hydrogens (primary N) is 1. The van der Waals surface area contributed by atoms with Crippen molar-refractivity contribution in [3.63, 3.8) is 0 Å². The number of aryl methyl sites for hydroxylation is 1. The molecule has 0 spiro atoms. The zero-order chi connectivity index (χ0) is 13.8. The van der Waals surface area contributed by atoms with Gasteiger partial charge in [0, 0.05) is 6.54 Å². The number of aromatic carboxylic acids is 1. The Kier molecular flexibility index (Phi) is 3.71. The fourth-order valence-electron chi connectivity index (χ4n) is 1.86. The lowest BCUT2D eigenvalue weighted by atomic mass is 10.1. The minimum atomic E-state index is -0.975. The second-order valence-electron chi connectivity index (χ2n) is 4.39. The SMILES string of the molecule is Cc1ccccc1CNc1ccc(C(=O)O)cc1N. The predicted octanol–water partition coefficient (Wildman–Crippen LogP) is 2.89. The van der Waals surface area contributed by atoms with Crippen LogP contribution in [0.2, 0.25) is 0 Å². The Hall–Kier alpha value is -2.49. The van der Waals surface area contributed by atoms with E-state index < -0.39 is 5.97 Å². The number of hydrogen-bond donors (Lipinski definition) is 3. The van der Waals surface area contributed by atoms with E-state index in [1.165, 1.54) is 17.2 Å². The summed E-state index contributed by atoms with van der Waals surface area (Å²) in [4.78, 5) is 10.8. The number of carboxylic acid groups (broad SMARTS) is 1. The Morgan fingerprint density at radius 3 is 2.63 bits per heavy atom. The number of benzene rings is 2. The molecule has 2 rings (SSSR count). The summed E-state index contributed by atoms with van der Waals surface area (Å²) in [5.74, 6) is -0.975. The van der Waals surface area contributed by atoms with Crippen molar-refractivity contribution in [2.24, 2.45) is 0 Å². The van der Waals surface area contributed by atoms with E-state index in [1.54, 1.807) is 12.1 Å². The maximum absolute atomic E-state index is 10.8. The van der Waals surface area contributed by atoms with Crippen LogP contribution < -0.4 is 11.1 Å². The third-order valence-electron chi connectivity index (χ3n) is 3.03. The first-order valence-corrected chi connectivity index (χ1v) is 5.99. The fraction of sp³-hybridized carbons (Fsp3) is 0.133. The van der Waals surface area contributed by atoms with Gasteiger partial charge in [-0.05, 0) is 36.2 Å². The fourth-order valence-corrected chi connectivity index (χ4v) is 1.86. The highest BCUT2D eigenvalue weighted by molar-refractivity contribution is 5.90. The van der Waals surface area contributed by atoms with E-state index in [4.69, 9.17) is 10.8 Å². The summed E-state index contributed by atoms with van der Waals surface area (Å²) in [5, 5.41) is 12.1. The van der Waals surface area contributed by atoms with Gasteiger partial charge in [0.05, 0.1) is 16.9 Å². The molecule has 0 fully saturated rings. The lowest BCUT2D eigenvalue weighted by Crippen LogP contribution is -2.05. The van der Waals surface area contributed by atoms with Gasteiger partial charge >= 0.3 is 5.97 Å². The van der Waals surface area contributed by atoms with Crippen molar-refractivity contribution < 1.29 is 9.90 Å². The quantitative estimate of drug-likeness (QED) is 0.735. The van der Waals surface area contributed by atoms with E-state index in [0.717, 1.165) is 5.69 Å². The van der Waals surface area contributed by atoms with Gasteiger partial charge in [0.15, 0.2) is 0 Å². The van der Waals surface area contributed by atoms with Gasteiger partial charge in [-0.2, -0.15) is 0 Å². The molecular formula is C15H16N2O2. The molecule has 0 saturated heterocycles. The molecule has 4 N–H and O–H groups in total. The van der Waals surface area contributed by atoms with E-state index in [1.807, 2.05) is 31.2 Å². The highest BCUT2D eigenvalue weighted by Gasteiger charge is 2.06. The summed E-state index contributed by atoms with van der Waals surface area (Å²) in [7, 11) is 0. The number of carbonyl (C=O) groups is 1. The van der Waals surface area contributed by atoms with E-state index in [-0.39, 0.29) is 5.56 Å². The molecule has 0 saturated carbocycles. The van der Waals surface area contributed by atoms with Crippen LogP contribution >= 0.6 is 0 Å². The summed E-state index contributed by atoms with van der Waals surface area (Å²) >= 11 is 0. The number of hydrogen-bond acceptors (Lipinski definition) is 3. The molecule has 0 aliphatic heterocycles. The monoisotopic (exact) mass is 256 g/mol. The number of anilines is 2. The van der Waals surface area contributed by atoms with Gasteiger partial charge in [-0.25, -0.2) is 4.79 Å². The molecule has 19 heavy (non-hydrogen) atoms. The van der Waals surface area contributed by atoms with Gasteiger partial charge in [-0.1, -0.05) is 24.3 Å². The first-order valence-electron chi connectivity index (χ1n) is 5.99. The maximum Gasteiger partial charge on any atom is 0.335 e. The average molecular weight is 256 g/mol. The van der Waals surface area contributed by atoms with E-state index >= 15 is 0 Å². The summed E-state index contributed by atoms with van der Waals surface area (Å²) < 4.78 is 0. The van der Waals surface area contributed by atoms with E-state index in [9.17, 15) is 4.79 Å². The molecule has 4 nitrogen and oxygen atoms in total. The normalized spacial score (nSPS) is 10.2. The minimum Gasteiger partial charge on any atom is -0.478 e. The number of carboxylic acids is 1. The Bertz CT molecular complexity index is 609. The summed E-state index contributed by atoms with van der Waals surface area (Å²) in [6, 6.07) is 12.8. The molecule has 0 radical (unpaired) electrons. The van der Waals surface area contributed by atoms with Gasteiger partial charge in [0.25, 0.3) is 0 Å². The van der Waals surface area contributed by atoms with Crippen LogP contribution in [0.3, 0.4) is 0 Å². The Balaban J connectivity index is 2.12. The van der Waals surface area contributed by atoms with Gasteiger partial charge in [0.1, 0.15) is 0 Å². The highest BCUT2D eigenvalue weighted by Crippen LogP contribution is 2.21. The Labute approximate surface area is 111 Å². The number of nitrogens with one attached hydrogen (secondary N) is 1. The topological polar surface area (TPSA) is 75.3 Å². The molecule has 0 bridgehead atoms. The molecule has 0 unspecified atom stereocenters. The second kappa shape index (κ2) is 5.44.